The second kappa shape index (κ2) is 40.4. The van der Waals surface area contributed by atoms with Crippen molar-refractivity contribution >= 4 is 82.2 Å². The molecule has 18 atom stereocenters. The number of amides is 10. The Morgan fingerprint density at radius 1 is 0.717 bits per heavy atom. The summed E-state index contributed by atoms with van der Waals surface area (Å²) in [5.74, 6) is -15.6. The van der Waals surface area contributed by atoms with Crippen molar-refractivity contribution in [3.8, 4) is 62.9 Å². The van der Waals surface area contributed by atoms with E-state index in [1.165, 1.54) is 44.3 Å². The van der Waals surface area contributed by atoms with Crippen LogP contribution >= 0.6 is 23.2 Å². The van der Waals surface area contributed by atoms with Crippen molar-refractivity contribution in [3.05, 3.63) is 141 Å². The number of aromatic hydroxyl groups is 3. The molecule has 8 aliphatic heterocycles. The number of fused-ring (bicyclic) bond motifs is 15. The van der Waals surface area contributed by atoms with Gasteiger partial charge >= 0.3 is 12.4 Å². The molecule has 0 saturated carbocycles. The molecule has 6 aromatic carbocycles. The highest BCUT2D eigenvalue weighted by molar-refractivity contribution is 6.32. The van der Waals surface area contributed by atoms with Crippen molar-refractivity contribution in [1.82, 2.24) is 68.7 Å². The average molecular weight is 1820 g/mol. The number of anilines is 1. The van der Waals surface area contributed by atoms with E-state index in [-0.39, 0.29) is 65.0 Å². The van der Waals surface area contributed by atoms with Gasteiger partial charge in [-0.1, -0.05) is 62.2 Å². The van der Waals surface area contributed by atoms with Gasteiger partial charge in [0.25, 0.3) is 5.91 Å². The Morgan fingerprint density at radius 3 is 1.96 bits per heavy atom. The number of rotatable bonds is 22. The van der Waals surface area contributed by atoms with Crippen molar-refractivity contribution in [3.63, 3.8) is 0 Å². The number of carbonyl (C=O) groups excluding carboxylic acids is 9. The third-order valence-corrected chi connectivity index (χ3v) is 22.7. The fourth-order valence-electron chi connectivity index (χ4n) is 15.5. The number of halogens is 5. The van der Waals surface area contributed by atoms with E-state index in [1.54, 1.807) is 18.9 Å². The number of nitrogens with zero attached hydrogens (tertiary/aromatic N) is 2. The third kappa shape index (κ3) is 22.5. The topological polar surface area (TPSA) is 577 Å². The summed E-state index contributed by atoms with van der Waals surface area (Å²) in [5.41, 5.74) is 9.89. The number of hydrogen-bond acceptors (Lipinski definition) is 30. The number of carbonyl (C=O) groups is 9. The summed E-state index contributed by atoms with van der Waals surface area (Å²) >= 11 is 14.4. The van der Waals surface area contributed by atoms with Crippen LogP contribution in [-0.4, -0.2) is 254 Å². The number of nitrogens with two attached hydrogens (primary N) is 1. The van der Waals surface area contributed by atoms with Gasteiger partial charge in [-0.25, -0.2) is 15.2 Å². The van der Waals surface area contributed by atoms with Crippen LogP contribution in [0.3, 0.4) is 0 Å². The lowest BCUT2D eigenvalue weighted by atomic mass is 9.85. The van der Waals surface area contributed by atoms with E-state index >= 15 is 24.0 Å². The van der Waals surface area contributed by atoms with Crippen molar-refractivity contribution in [2.24, 2.45) is 11.7 Å². The highest BCUT2D eigenvalue weighted by Crippen LogP contribution is 2.50. The first-order valence-corrected chi connectivity index (χ1v) is 41.1. The van der Waals surface area contributed by atoms with Crippen LogP contribution in [0, 0.1) is 5.92 Å². The zero-order chi connectivity index (χ0) is 91.9. The first-order valence-electron chi connectivity index (χ1n) is 40.3. The van der Waals surface area contributed by atoms with Crippen LogP contribution in [0.2, 0.25) is 10.0 Å². The molecule has 0 unspecified atom stereocenters. The van der Waals surface area contributed by atoms with E-state index in [4.69, 9.17) is 57.4 Å². The number of aliphatic hydroxyl groups is 6. The number of nitrogens with one attached hydrogen (secondary N) is 12. The van der Waals surface area contributed by atoms with Gasteiger partial charge in [0.1, 0.15) is 101 Å². The molecule has 11 bridgehead atoms. The molecule has 0 aliphatic carbocycles. The smallest absolute Gasteiger partial charge is 0.508 e. The van der Waals surface area contributed by atoms with Crippen molar-refractivity contribution in [2.75, 3.05) is 64.8 Å². The third-order valence-electron chi connectivity index (χ3n) is 22.1. The van der Waals surface area contributed by atoms with Crippen LogP contribution in [0.5, 0.6) is 51.7 Å². The van der Waals surface area contributed by atoms with Gasteiger partial charge in [-0.05, 0) is 140 Å². The van der Waals surface area contributed by atoms with Gasteiger partial charge in [0.2, 0.25) is 53.4 Å². The lowest BCUT2D eigenvalue weighted by molar-refractivity contribution is -0.334. The van der Waals surface area contributed by atoms with E-state index in [2.05, 4.69) is 73.8 Å². The van der Waals surface area contributed by atoms with Gasteiger partial charge in [-0.3, -0.25) is 54.1 Å². The molecule has 0 aromatic heterocycles. The highest BCUT2D eigenvalue weighted by atomic mass is 35.5. The minimum atomic E-state index is -4.91. The second-order valence-corrected chi connectivity index (χ2v) is 32.5. The van der Waals surface area contributed by atoms with Crippen LogP contribution in [-0.2, 0) is 52.6 Å². The number of aliphatic hydroxyl groups excluding tert-OH is 6. The van der Waals surface area contributed by atoms with Crippen molar-refractivity contribution < 1.29 is 135 Å². The molecule has 23 N–H and O–H groups in total. The van der Waals surface area contributed by atoms with Crippen LogP contribution in [0.4, 0.5) is 23.7 Å². The van der Waals surface area contributed by atoms with Crippen molar-refractivity contribution in [1.29, 1.82) is 0 Å². The number of hydrogen-bond donors (Lipinski definition) is 22. The summed E-state index contributed by atoms with van der Waals surface area (Å²) in [5, 5.41) is 131. The number of phenolic OH excluding ortho intramolecular Hbond substituents is 3. The fourth-order valence-corrected chi connectivity index (χ4v) is 16.0. The minimum Gasteiger partial charge on any atom is -0.508 e. The molecule has 3 saturated heterocycles. The number of primary amides is 1. The standard InChI is InChI=1S/C82H98Cl2F3N15O25/c1-7-91-99-78(119)62-45-30-42(104)31-51(106)59(45)44-25-37(8-15-50(44)105)60-74(115)98-64(77(118)96-62)66(109)39-10-17-53(47(84)27-39)123-55-29-40-28-54(122-52-16-9-38(26-46(52)83)65(108)63(97-72(113)48(89-6)24-35(2)3)76(117)93-49(32-57(88)107)73(114)94-61(40)75(116)95-60)69(55)126-79-70(68(111)67(110)56(34-103)124-79)125-58-33-81(5,71(112)36(4)121-58)90-18-19-101-20-22-102(23-21-101)100-80(120)92-41-11-13-43(14-12-41)127-82(85,86)87/h8-17,25-31,35-36,48-49,56,58,60-68,70-71,79,89-91,103-106,108-112H,7,18-24,32-34H2,1-6H3,(H2,88,107)(H,93,117)(H,94,114)(H,95,116)(H,96,118)(H,97,113)(H,98,115)(H,99,119)(H2,92,100,120)/t36-,48+,49-,56+,58-,60+,61+,62+,63+,64-,65+,66+,67+,68-,70+,71+,79-,81-/m0/s1. The Balaban J connectivity index is 0.960. The summed E-state index contributed by atoms with van der Waals surface area (Å²) in [6.45, 7) is 9.67. The lowest BCUT2D eigenvalue weighted by Crippen LogP contribution is -2.66. The van der Waals surface area contributed by atoms with Crippen LogP contribution in [0.1, 0.15) is 112 Å². The van der Waals surface area contributed by atoms with Gasteiger partial charge in [-0.2, -0.15) is 0 Å². The highest BCUT2D eigenvalue weighted by Gasteiger charge is 2.53. The number of urea groups is 1. The van der Waals surface area contributed by atoms with Gasteiger partial charge in [0.05, 0.1) is 41.3 Å². The number of hydrazine groups is 2. The minimum absolute atomic E-state index is 0.100. The van der Waals surface area contributed by atoms with Gasteiger partial charge < -0.3 is 133 Å². The Bertz CT molecular complexity index is 5090. The molecule has 8 heterocycles. The Labute approximate surface area is 732 Å². The Morgan fingerprint density at radius 2 is 1.35 bits per heavy atom. The number of likely N-dealkylation sites (N-methyl/N-ethyl adjacent to an activating group) is 1. The molecule has 14 rings (SSSR count). The van der Waals surface area contributed by atoms with Crippen molar-refractivity contribution in [2.45, 2.75) is 169 Å². The van der Waals surface area contributed by atoms with Gasteiger partial charge in [0, 0.05) is 80.7 Å². The largest absolute Gasteiger partial charge is 0.573 e. The molecule has 0 radical (unpaired) electrons. The predicted octanol–water partition coefficient (Wildman–Crippen LogP) is 1.55. The summed E-state index contributed by atoms with van der Waals surface area (Å²) in [6.07, 6.45) is -24.0. The summed E-state index contributed by atoms with van der Waals surface area (Å²) in [6, 6.07) is 3.77. The molecule has 40 nitrogen and oxygen atoms in total. The summed E-state index contributed by atoms with van der Waals surface area (Å²) in [7, 11) is 1.47. The number of piperazine rings is 1. The van der Waals surface area contributed by atoms with Gasteiger partial charge in [-0.15, -0.1) is 13.2 Å². The monoisotopic (exact) mass is 1820 g/mol. The quantitative estimate of drug-likeness (QED) is 0.0429. The number of alkyl halides is 3. The van der Waals surface area contributed by atoms with Gasteiger partial charge in [0.15, 0.2) is 23.9 Å². The van der Waals surface area contributed by atoms with E-state index in [1.807, 2.05) is 13.8 Å². The zero-order valence-electron chi connectivity index (χ0n) is 68.9. The molecule has 686 valence electrons. The molecular weight excluding hydrogens is 1720 g/mol. The maximum atomic E-state index is 16.3. The average Bonchev–Trinajstić information content (AvgIpc) is 0.747. The first kappa shape index (κ1) is 94.9. The SMILES string of the molecule is CCNNC(=O)[C@@H]1NC(=O)[C@H]2NC(=O)[C@H](NC(=O)[C@@H]3NC(=O)[C@H](CC(N)=O)NC(=O)[C@H](NC(=O)[C@@H](CC(C)C)NC)[C@H](O)c4ccc(c(Cl)c4)Oc4cc3cc(c4O[C@@H]3O[C@H](CO)[C@@H](O)[C@H](O)[C@H]3O[C@H]3C[C@](C)(NCCN4CCN(NC(=O)Nc5ccc(OC(F)(F)F)cc5)CC4)[C@H](O)[C@H](C)O3)Oc3ccc(cc3Cl)[C@H]2O)c2ccc(O)c(c2)-c2c(O)cc(O)cc21. The van der Waals surface area contributed by atoms with Crippen LogP contribution < -0.4 is 88.8 Å². The number of benzene rings is 6. The lowest BCUT2D eigenvalue weighted by Gasteiger charge is -2.48. The van der Waals surface area contributed by atoms with E-state index < -0.39 is 255 Å². The van der Waals surface area contributed by atoms with Crippen LogP contribution in [0.25, 0.3) is 11.1 Å². The van der Waals surface area contributed by atoms with E-state index in [0.29, 0.717) is 32.7 Å². The summed E-state index contributed by atoms with van der Waals surface area (Å²) in [4.78, 5) is 135. The second-order valence-electron chi connectivity index (χ2n) is 31.7. The maximum absolute atomic E-state index is 16.3. The normalized spacial score (nSPS) is 26.9. The Kier molecular flexibility index (Phi) is 30.2. The molecule has 45 heteroatoms. The van der Waals surface area contributed by atoms with E-state index in [9.17, 15) is 78.3 Å². The zero-order valence-corrected chi connectivity index (χ0v) is 70.4. The molecule has 127 heavy (non-hydrogen) atoms. The van der Waals surface area contributed by atoms with E-state index in [0.717, 1.165) is 72.8 Å². The molecule has 0 spiro atoms. The molecule has 6 aromatic rings. The number of phenols is 3. The molecular formula is C82H98Cl2F3N15O25. The number of ether oxygens (including phenoxy) is 7. The molecule has 10 amide bonds. The first-order chi connectivity index (χ1) is 60.2. The Hall–Kier alpha value is -11.2. The summed E-state index contributed by atoms with van der Waals surface area (Å²) < 4.78 is 81.6. The molecule has 3 fully saturated rings. The molecule has 8 aliphatic rings. The van der Waals surface area contributed by atoms with Crippen LogP contribution in [0.15, 0.2) is 103 Å². The predicted molar refractivity (Wildman–Crippen MR) is 441 cm³/mol. The maximum Gasteiger partial charge on any atom is 0.573 e. The fraction of sp³-hybridized carbons (Fsp3) is 0.451.